The van der Waals surface area contributed by atoms with Gasteiger partial charge in [-0.2, -0.15) is 0 Å². The summed E-state index contributed by atoms with van der Waals surface area (Å²) in [5, 5.41) is 4.18. The molecule has 3 aromatic rings. The summed E-state index contributed by atoms with van der Waals surface area (Å²) in [6.45, 7) is 3.27. The Balaban J connectivity index is 1.58. The third-order valence-corrected chi connectivity index (χ3v) is 8.09. The molecule has 2 amide bonds. The van der Waals surface area contributed by atoms with Crippen molar-refractivity contribution in [1.29, 1.82) is 0 Å². The van der Waals surface area contributed by atoms with Gasteiger partial charge in [0, 0.05) is 23.2 Å². The molecule has 0 radical (unpaired) electrons. The van der Waals surface area contributed by atoms with Gasteiger partial charge in [0.25, 0.3) is 0 Å². The fourth-order valence-corrected chi connectivity index (χ4v) is 6.56. The second kappa shape index (κ2) is 10.2. The molecule has 1 aliphatic heterocycles. The van der Waals surface area contributed by atoms with Gasteiger partial charge in [-0.25, -0.2) is 4.79 Å². The van der Waals surface area contributed by atoms with Gasteiger partial charge in [0.05, 0.1) is 38.4 Å². The van der Waals surface area contributed by atoms with Gasteiger partial charge in [-0.05, 0) is 68.0 Å². The van der Waals surface area contributed by atoms with Crippen LogP contribution in [0.5, 0.6) is 5.75 Å². The topological polar surface area (TPSA) is 72.8 Å². The Morgan fingerprint density at radius 2 is 2.00 bits per heavy atom. The minimum absolute atomic E-state index is 0.135. The molecule has 2 aromatic heterocycles. The van der Waals surface area contributed by atoms with Crippen LogP contribution in [0.3, 0.4) is 0 Å². The largest absolute Gasteiger partial charge is 0.494 e. The van der Waals surface area contributed by atoms with E-state index in [1.54, 1.807) is 0 Å². The quantitative estimate of drug-likeness (QED) is 0.491. The molecule has 0 bridgehead atoms. The van der Waals surface area contributed by atoms with Gasteiger partial charge in [0.2, 0.25) is 0 Å². The third kappa shape index (κ3) is 4.55. The molecule has 1 N–H and O–H groups in total. The summed E-state index contributed by atoms with van der Waals surface area (Å²) >= 11 is 1.86. The van der Waals surface area contributed by atoms with Crippen LogP contribution in [0.1, 0.15) is 59.5 Å². The number of urea groups is 1. The molecular weight excluding hydrogens is 462 g/mol. The third-order valence-electron chi connectivity index (χ3n) is 6.76. The van der Waals surface area contributed by atoms with E-state index in [9.17, 15) is 9.59 Å². The number of hydrogen-bond donors (Lipinski definition) is 1. The molecule has 7 nitrogen and oxygen atoms in total. The number of esters is 1. The first kappa shape index (κ1) is 23.5. The average Bonchev–Trinajstić information content (AvgIpc) is 3.46. The van der Waals surface area contributed by atoms with E-state index in [2.05, 4.69) is 28.2 Å². The van der Waals surface area contributed by atoms with Crippen LogP contribution in [0.4, 0.5) is 4.79 Å². The van der Waals surface area contributed by atoms with Crippen molar-refractivity contribution >= 4 is 23.3 Å². The number of amides is 2. The number of methoxy groups -OCH3 is 1. The van der Waals surface area contributed by atoms with Gasteiger partial charge in [0.15, 0.2) is 0 Å². The molecule has 0 fully saturated rings. The van der Waals surface area contributed by atoms with Crippen LogP contribution in [-0.4, -0.2) is 41.7 Å². The normalized spacial score (nSPS) is 16.5. The lowest BCUT2D eigenvalue weighted by molar-refractivity contribution is -0.140. The molecular formula is C27H31N3O4S. The number of nitrogens with zero attached hydrogens (tertiary/aromatic N) is 2. The van der Waals surface area contributed by atoms with Crippen LogP contribution in [0, 0.1) is 0 Å². The monoisotopic (exact) mass is 493 g/mol. The first-order chi connectivity index (χ1) is 17.1. The Morgan fingerprint density at radius 3 is 2.83 bits per heavy atom. The second-order valence-corrected chi connectivity index (χ2v) is 9.98. The number of benzene rings is 1. The Labute approximate surface area is 209 Å². The number of rotatable bonds is 6. The number of hydrogen-bond acceptors (Lipinski definition) is 5. The molecule has 1 atom stereocenters. The van der Waals surface area contributed by atoms with Gasteiger partial charge in [0.1, 0.15) is 10.8 Å². The van der Waals surface area contributed by atoms with Gasteiger partial charge in [-0.1, -0.05) is 12.1 Å². The predicted octanol–water partition coefficient (Wildman–Crippen LogP) is 4.99. The number of nitrogens with one attached hydrogen (secondary N) is 1. The Hall–Kier alpha value is -3.26. The maximum atomic E-state index is 13.7. The van der Waals surface area contributed by atoms with Crippen molar-refractivity contribution < 1.29 is 19.1 Å². The first-order valence-corrected chi connectivity index (χ1v) is 13.1. The van der Waals surface area contributed by atoms with Crippen molar-refractivity contribution in [3.8, 4) is 10.8 Å². The zero-order chi connectivity index (χ0) is 24.4. The predicted molar refractivity (Wildman–Crippen MR) is 135 cm³/mol. The van der Waals surface area contributed by atoms with Crippen LogP contribution in [0.15, 0.2) is 42.6 Å². The smallest absolute Gasteiger partial charge is 0.318 e. The summed E-state index contributed by atoms with van der Waals surface area (Å²) in [6, 6.07) is 11.6. The zero-order valence-corrected chi connectivity index (χ0v) is 21.0. The number of carbonyl (C=O) groups is 2. The first-order valence-electron chi connectivity index (χ1n) is 12.3. The fourth-order valence-electron chi connectivity index (χ4n) is 5.15. The number of carbonyl (C=O) groups excluding carboxylic acids is 2. The van der Waals surface area contributed by atoms with E-state index < -0.39 is 0 Å². The van der Waals surface area contributed by atoms with Crippen LogP contribution in [0.25, 0.3) is 5.00 Å². The van der Waals surface area contributed by atoms with Gasteiger partial charge < -0.3 is 24.3 Å². The fraction of sp³-hybridized carbons (Fsp3) is 0.407. The van der Waals surface area contributed by atoms with E-state index in [-0.39, 0.29) is 31.0 Å². The number of aryl methyl sites for hydroxylation is 1. The summed E-state index contributed by atoms with van der Waals surface area (Å²) in [4.78, 5) is 28.6. The molecule has 35 heavy (non-hydrogen) atoms. The minimum atomic E-state index is -0.342. The Kier molecular flexibility index (Phi) is 6.81. The zero-order valence-electron chi connectivity index (χ0n) is 20.2. The molecule has 0 unspecified atom stereocenters. The van der Waals surface area contributed by atoms with E-state index >= 15 is 0 Å². The Morgan fingerprint density at radius 1 is 1.14 bits per heavy atom. The van der Waals surface area contributed by atoms with Crippen molar-refractivity contribution in [1.82, 2.24) is 14.8 Å². The molecule has 1 aromatic carbocycles. The standard InChI is InChI=1S/C27H31N3O4S/c1-3-34-19-9-6-8-18(16-19)25-22-11-7-15-29(22)26-21(20-10-4-5-12-23(20)35-26)17-30(25)27(32)28-14-13-24(31)33-2/h6-9,11,15-16,25H,3-5,10,12-14,17H2,1-2H3,(H,28,32)/t25-/m1/s1. The molecule has 3 heterocycles. The van der Waals surface area contributed by atoms with E-state index in [4.69, 9.17) is 9.47 Å². The average molecular weight is 494 g/mol. The van der Waals surface area contributed by atoms with Crippen molar-refractivity contribution in [2.24, 2.45) is 0 Å². The highest BCUT2D eigenvalue weighted by atomic mass is 32.1. The van der Waals surface area contributed by atoms with Crippen molar-refractivity contribution in [3.05, 3.63) is 69.9 Å². The lowest BCUT2D eigenvalue weighted by Gasteiger charge is -2.31. The summed E-state index contributed by atoms with van der Waals surface area (Å²) in [5.41, 5.74) is 4.68. The molecule has 1 aliphatic carbocycles. The lowest BCUT2D eigenvalue weighted by Crippen LogP contribution is -2.42. The van der Waals surface area contributed by atoms with Crippen LogP contribution in [0.2, 0.25) is 0 Å². The maximum Gasteiger partial charge on any atom is 0.318 e. The molecule has 0 spiro atoms. The highest BCUT2D eigenvalue weighted by Crippen LogP contribution is 2.44. The van der Waals surface area contributed by atoms with Crippen LogP contribution in [-0.2, 0) is 28.9 Å². The minimum Gasteiger partial charge on any atom is -0.494 e. The molecule has 0 saturated carbocycles. The number of thiophene rings is 1. The van der Waals surface area contributed by atoms with Crippen molar-refractivity contribution in [3.63, 3.8) is 0 Å². The molecule has 2 aliphatic rings. The molecule has 8 heteroatoms. The number of ether oxygens (including phenoxy) is 2. The summed E-state index contributed by atoms with van der Waals surface area (Å²) in [6.07, 6.45) is 6.80. The number of fused-ring (bicyclic) bond motifs is 5. The van der Waals surface area contributed by atoms with Gasteiger partial charge in [-0.15, -0.1) is 11.3 Å². The second-order valence-electron chi connectivity index (χ2n) is 8.89. The number of aromatic nitrogens is 1. The summed E-state index contributed by atoms with van der Waals surface area (Å²) in [7, 11) is 1.36. The SMILES string of the molecule is CCOc1cccc([C@@H]2c3cccn3-c3sc4c(c3CN2C(=O)NCCC(=O)OC)CCCC4)c1. The Bertz CT molecular complexity index is 1230. The summed E-state index contributed by atoms with van der Waals surface area (Å²) < 4.78 is 12.8. The van der Waals surface area contributed by atoms with Crippen molar-refractivity contribution in [2.75, 3.05) is 20.3 Å². The molecule has 0 saturated heterocycles. The van der Waals surface area contributed by atoms with Crippen LogP contribution >= 0.6 is 11.3 Å². The van der Waals surface area contributed by atoms with E-state index in [1.807, 2.05) is 47.4 Å². The molecule has 184 valence electrons. The van der Waals surface area contributed by atoms with E-state index in [0.717, 1.165) is 29.8 Å². The summed E-state index contributed by atoms with van der Waals surface area (Å²) in [5.74, 6) is 0.441. The van der Waals surface area contributed by atoms with E-state index in [0.29, 0.717) is 13.2 Å². The highest BCUT2D eigenvalue weighted by molar-refractivity contribution is 7.15. The maximum absolute atomic E-state index is 13.7. The van der Waals surface area contributed by atoms with E-state index in [1.165, 1.54) is 41.0 Å². The lowest BCUT2D eigenvalue weighted by atomic mass is 9.95. The van der Waals surface area contributed by atoms with Crippen molar-refractivity contribution in [2.45, 2.75) is 51.6 Å². The molecule has 5 rings (SSSR count). The van der Waals surface area contributed by atoms with Crippen LogP contribution < -0.4 is 10.1 Å². The van der Waals surface area contributed by atoms with Gasteiger partial charge >= 0.3 is 12.0 Å². The van der Waals surface area contributed by atoms with Gasteiger partial charge in [-0.3, -0.25) is 4.79 Å². The highest BCUT2D eigenvalue weighted by Gasteiger charge is 2.36.